The zero-order chi connectivity index (χ0) is 21.7. The third kappa shape index (κ3) is 3.80. The molecule has 0 radical (unpaired) electrons. The predicted octanol–water partition coefficient (Wildman–Crippen LogP) is 3.20. The van der Waals surface area contributed by atoms with Crippen LogP contribution in [0.2, 0.25) is 0 Å². The number of anilines is 1. The second-order valence-corrected chi connectivity index (χ2v) is 11.0. The van der Waals surface area contributed by atoms with Crippen LogP contribution in [0.25, 0.3) is 0 Å². The molecule has 0 spiro atoms. The van der Waals surface area contributed by atoms with Crippen LogP contribution >= 0.6 is 11.3 Å². The van der Waals surface area contributed by atoms with Gasteiger partial charge in [-0.15, -0.1) is 15.7 Å². The van der Waals surface area contributed by atoms with E-state index in [1.165, 1.54) is 31.2 Å². The highest BCUT2D eigenvalue weighted by atomic mass is 32.2. The summed E-state index contributed by atoms with van der Waals surface area (Å²) in [4.78, 5) is 28.0. The van der Waals surface area contributed by atoms with Crippen LogP contribution < -0.4 is 10.0 Å². The summed E-state index contributed by atoms with van der Waals surface area (Å²) in [6.07, 6.45) is 4.21. The van der Waals surface area contributed by atoms with Gasteiger partial charge in [0.15, 0.2) is 9.92 Å². The Labute approximate surface area is 177 Å². The molecule has 1 aromatic carbocycles. The van der Waals surface area contributed by atoms with Crippen LogP contribution in [0.15, 0.2) is 20.8 Å². The first-order chi connectivity index (χ1) is 14.1. The summed E-state index contributed by atoms with van der Waals surface area (Å²) in [5.74, 6) is 0. The zero-order valence-electron chi connectivity index (χ0n) is 16.5. The maximum Gasteiger partial charge on any atom is 0.417 e. The number of fused-ring (bicyclic) bond motifs is 2. The molecule has 1 aromatic heterocycles. The maximum absolute atomic E-state index is 13.3. The maximum atomic E-state index is 13.3. The molecule has 0 saturated carbocycles. The van der Waals surface area contributed by atoms with Crippen molar-refractivity contribution in [1.82, 2.24) is 9.71 Å². The Kier molecular flexibility index (Phi) is 5.07. The van der Waals surface area contributed by atoms with Gasteiger partial charge in [-0.2, -0.15) is 0 Å². The lowest BCUT2D eigenvalue weighted by atomic mass is 9.83. The van der Waals surface area contributed by atoms with Crippen molar-refractivity contribution in [2.24, 2.45) is 4.36 Å². The van der Waals surface area contributed by atoms with Crippen molar-refractivity contribution in [3.63, 3.8) is 0 Å². The smallest absolute Gasteiger partial charge is 0.417 e. The molecule has 0 saturated heterocycles. The van der Waals surface area contributed by atoms with Crippen LogP contribution in [0.5, 0.6) is 0 Å². The van der Waals surface area contributed by atoms with Crippen LogP contribution in [-0.4, -0.2) is 31.5 Å². The molecule has 1 atom stereocenters. The van der Waals surface area contributed by atoms with E-state index in [4.69, 9.17) is 5.11 Å². The van der Waals surface area contributed by atoms with Crippen LogP contribution in [0.3, 0.4) is 0 Å². The molecule has 4 N–H and O–H groups in total. The summed E-state index contributed by atoms with van der Waals surface area (Å²) in [6.45, 7) is 3.00. The first kappa shape index (κ1) is 20.8. The van der Waals surface area contributed by atoms with E-state index < -0.39 is 27.6 Å². The summed E-state index contributed by atoms with van der Waals surface area (Å²) in [5.41, 5.74) is 3.98. The normalized spacial score (nSPS) is 16.6. The topological polar surface area (TPSA) is 141 Å². The van der Waals surface area contributed by atoms with Crippen molar-refractivity contribution >= 4 is 39.1 Å². The van der Waals surface area contributed by atoms with E-state index in [0.717, 1.165) is 60.3 Å². The van der Waals surface area contributed by atoms with E-state index in [0.29, 0.717) is 0 Å². The number of carboxylic acid groups (broad SMARTS) is 1. The Bertz CT molecular complexity index is 1170. The average Bonchev–Trinajstić information content (AvgIpc) is 3.25. The number of aliphatic hydroxyl groups is 1. The van der Waals surface area contributed by atoms with E-state index in [2.05, 4.69) is 20.7 Å². The summed E-state index contributed by atoms with van der Waals surface area (Å²) in [7, 11) is -3.84. The molecule has 0 aliphatic heterocycles. The molecule has 2 aliphatic carbocycles. The number of aromatic nitrogens is 1. The molecule has 1 unspecified atom stereocenters. The third-order valence-corrected chi connectivity index (χ3v) is 8.75. The molecular weight excluding hydrogens is 428 g/mol. The number of amides is 3. The fourth-order valence-electron chi connectivity index (χ4n) is 3.75. The Hall–Kier alpha value is -2.50. The van der Waals surface area contributed by atoms with Crippen molar-refractivity contribution in [1.29, 1.82) is 0 Å². The van der Waals surface area contributed by atoms with Gasteiger partial charge in [0.2, 0.25) is 0 Å². The van der Waals surface area contributed by atoms with Crippen LogP contribution in [0.1, 0.15) is 47.5 Å². The standard InChI is InChI=1S/C19H22N4O5S2/c1-19(2,27)16-20-9-14(29-16)30(28,23-18(25)26)22-17(24)21-15-12-5-3-4-10(12)8-11-6-7-13(11)15/h8-9,27H,3-7H2,1-2H3,(H,25,26)(H2,21,22,23,24,28). The molecule has 30 heavy (non-hydrogen) atoms. The van der Waals surface area contributed by atoms with Gasteiger partial charge in [0.1, 0.15) is 14.8 Å². The lowest BCUT2D eigenvalue weighted by Crippen LogP contribution is -2.30. The van der Waals surface area contributed by atoms with Gasteiger partial charge in [0, 0.05) is 5.69 Å². The number of rotatable bonds is 4. The number of hydrogen-bond donors (Lipinski definition) is 4. The minimum absolute atomic E-state index is 0.0523. The van der Waals surface area contributed by atoms with Gasteiger partial charge < -0.3 is 15.5 Å². The number of carbonyl (C=O) groups excluding carboxylic acids is 1. The largest absolute Gasteiger partial charge is 0.464 e. The Balaban J connectivity index is 1.70. The molecule has 0 bridgehead atoms. The minimum atomic E-state index is -3.84. The molecule has 2 aromatic rings. The van der Waals surface area contributed by atoms with Crippen molar-refractivity contribution in [3.8, 4) is 0 Å². The third-order valence-electron chi connectivity index (χ3n) is 5.19. The summed E-state index contributed by atoms with van der Waals surface area (Å²) in [5, 5.41) is 22.2. The van der Waals surface area contributed by atoms with Crippen LogP contribution in [0, 0.1) is 0 Å². The Morgan fingerprint density at radius 3 is 2.50 bits per heavy atom. The average molecular weight is 451 g/mol. The van der Waals surface area contributed by atoms with E-state index in [1.54, 1.807) is 0 Å². The molecule has 2 aliphatic rings. The lowest BCUT2D eigenvalue weighted by Gasteiger charge is -2.25. The molecule has 3 amide bonds. The quantitative estimate of drug-likeness (QED) is 0.564. The van der Waals surface area contributed by atoms with Crippen molar-refractivity contribution in [2.45, 2.75) is 55.8 Å². The zero-order valence-corrected chi connectivity index (χ0v) is 18.2. The summed E-state index contributed by atoms with van der Waals surface area (Å²) >= 11 is 0.838. The van der Waals surface area contributed by atoms with Gasteiger partial charge in [-0.1, -0.05) is 6.07 Å². The molecular formula is C19H22N4O5S2. The number of thiazole rings is 1. The highest BCUT2D eigenvalue weighted by Crippen LogP contribution is 2.39. The van der Waals surface area contributed by atoms with Gasteiger partial charge in [-0.05, 0) is 68.2 Å². The highest BCUT2D eigenvalue weighted by molar-refractivity contribution is 7.94. The number of carbonyl (C=O) groups is 2. The van der Waals surface area contributed by atoms with Crippen molar-refractivity contribution < 1.29 is 24.0 Å². The Morgan fingerprint density at radius 1 is 1.20 bits per heavy atom. The first-order valence-electron chi connectivity index (χ1n) is 9.51. The molecule has 4 rings (SSSR count). The number of benzene rings is 1. The first-order valence-corrected chi connectivity index (χ1v) is 11.8. The lowest BCUT2D eigenvalue weighted by molar-refractivity contribution is 0.0783. The highest BCUT2D eigenvalue weighted by Gasteiger charge is 2.29. The molecule has 9 nitrogen and oxygen atoms in total. The number of hydrogen-bond acceptors (Lipinski definition) is 6. The Morgan fingerprint density at radius 2 is 1.90 bits per heavy atom. The second kappa shape index (κ2) is 7.33. The van der Waals surface area contributed by atoms with Gasteiger partial charge in [-0.25, -0.2) is 23.5 Å². The van der Waals surface area contributed by atoms with Gasteiger partial charge in [-0.3, -0.25) is 0 Å². The summed E-state index contributed by atoms with van der Waals surface area (Å²) < 4.78 is 18.8. The van der Waals surface area contributed by atoms with Gasteiger partial charge in [0.05, 0.1) is 6.20 Å². The minimum Gasteiger partial charge on any atom is -0.464 e. The SMILES string of the molecule is CC(C)(O)c1ncc(S(=O)(=NC(=O)Nc2c3c(cc4c2CC4)CCC3)NC(=O)O)s1. The van der Waals surface area contributed by atoms with Gasteiger partial charge >= 0.3 is 12.1 Å². The van der Waals surface area contributed by atoms with Crippen molar-refractivity contribution in [2.75, 3.05) is 5.32 Å². The van der Waals surface area contributed by atoms with Crippen LogP contribution in [-0.2, 0) is 41.2 Å². The molecule has 1 heterocycles. The fourth-order valence-corrected chi connectivity index (χ4v) is 6.27. The van der Waals surface area contributed by atoms with Crippen LogP contribution in [0.4, 0.5) is 15.3 Å². The molecule has 160 valence electrons. The fraction of sp³-hybridized carbons (Fsp3) is 0.421. The molecule has 0 fully saturated rings. The van der Waals surface area contributed by atoms with E-state index in [9.17, 15) is 18.9 Å². The van der Waals surface area contributed by atoms with E-state index >= 15 is 0 Å². The van der Waals surface area contributed by atoms with E-state index in [-0.39, 0.29) is 9.22 Å². The summed E-state index contributed by atoms with van der Waals surface area (Å²) in [6, 6.07) is 1.31. The number of nitrogens with one attached hydrogen (secondary N) is 2. The monoisotopic (exact) mass is 450 g/mol. The number of aryl methyl sites for hydroxylation is 2. The predicted molar refractivity (Wildman–Crippen MR) is 112 cm³/mol. The van der Waals surface area contributed by atoms with Crippen molar-refractivity contribution in [3.05, 3.63) is 39.5 Å². The van der Waals surface area contributed by atoms with Gasteiger partial charge in [0.25, 0.3) is 0 Å². The number of urea groups is 1. The van der Waals surface area contributed by atoms with E-state index in [1.807, 2.05) is 4.72 Å². The molecule has 11 heteroatoms. The second-order valence-electron chi connectivity index (χ2n) is 7.88. The number of nitrogens with zero attached hydrogens (tertiary/aromatic N) is 2.